The van der Waals surface area contributed by atoms with Crippen molar-refractivity contribution in [1.82, 2.24) is 20.4 Å². The molecule has 3 rings (SSSR count). The smallest absolute Gasteiger partial charge is 0.318 e. The zero-order chi connectivity index (χ0) is 31.2. The van der Waals surface area contributed by atoms with Gasteiger partial charge in [-0.05, 0) is 55.6 Å². The Morgan fingerprint density at radius 2 is 1.60 bits per heavy atom. The number of amides is 3. The molecule has 0 saturated carbocycles. The summed E-state index contributed by atoms with van der Waals surface area (Å²) in [6, 6.07) is 16.0. The molecule has 0 bridgehead atoms. The van der Waals surface area contributed by atoms with E-state index in [9.17, 15) is 18.0 Å². The van der Waals surface area contributed by atoms with Crippen LogP contribution in [0.4, 0.5) is 4.79 Å². The van der Waals surface area contributed by atoms with Crippen LogP contribution in [0.2, 0.25) is 0 Å². The number of sulfone groups is 1. The maximum atomic E-state index is 13.7. The molecule has 1 aliphatic heterocycles. The number of hydrogen-bond donors (Lipinski definition) is 5. The predicted molar refractivity (Wildman–Crippen MR) is 170 cm³/mol. The number of aryl methyl sites for hydroxylation is 1. The van der Waals surface area contributed by atoms with Gasteiger partial charge in [0.05, 0.1) is 10.6 Å². The second kappa shape index (κ2) is 17.0. The van der Waals surface area contributed by atoms with E-state index in [2.05, 4.69) is 33.3 Å². The van der Waals surface area contributed by atoms with E-state index < -0.39 is 33.1 Å². The van der Waals surface area contributed by atoms with Gasteiger partial charge in [-0.25, -0.2) is 13.2 Å². The number of nitrogens with two attached hydrogens (primary N) is 2. The Balaban J connectivity index is 1.75. The van der Waals surface area contributed by atoms with Crippen molar-refractivity contribution >= 4 is 40.4 Å². The number of carbonyl (C=O) groups is 2. The molecule has 6 N–H and O–H groups in total. The van der Waals surface area contributed by atoms with Crippen molar-refractivity contribution in [2.24, 2.45) is 16.6 Å². The van der Waals surface area contributed by atoms with E-state index in [-0.39, 0.29) is 35.7 Å². The van der Waals surface area contributed by atoms with Crippen molar-refractivity contribution in [2.75, 3.05) is 45.6 Å². The third kappa shape index (κ3) is 11.6. The number of thiol groups is 1. The molecule has 1 heterocycles. The Kier molecular flexibility index (Phi) is 13.4. The number of carbonyl (C=O) groups excluding carboxylic acids is 2. The normalized spacial score (nSPS) is 16.0. The van der Waals surface area contributed by atoms with Crippen LogP contribution < -0.4 is 22.1 Å². The average Bonchev–Trinajstić information content (AvgIpc) is 2.99. The maximum absolute atomic E-state index is 13.7. The van der Waals surface area contributed by atoms with Crippen molar-refractivity contribution in [2.45, 2.75) is 47.9 Å². The number of hydrogen-bond acceptors (Lipinski definition) is 8. The molecular formula is C29H43N7O5S2. The Bertz CT molecular complexity index is 1290. The predicted octanol–water partition coefficient (Wildman–Crippen LogP) is 1.19. The molecule has 1 saturated heterocycles. The van der Waals surface area contributed by atoms with Gasteiger partial charge in [-0.3, -0.25) is 4.79 Å². The summed E-state index contributed by atoms with van der Waals surface area (Å²) in [5, 5.41) is 8.66. The van der Waals surface area contributed by atoms with Crippen LogP contribution in [0.1, 0.15) is 24.8 Å². The Morgan fingerprint density at radius 1 is 0.977 bits per heavy atom. The lowest BCUT2D eigenvalue weighted by Crippen LogP contribution is -2.57. The Morgan fingerprint density at radius 3 is 2.23 bits per heavy atom. The summed E-state index contributed by atoms with van der Waals surface area (Å²) in [5.41, 5.74) is 11.6. The molecule has 12 nitrogen and oxygen atoms in total. The van der Waals surface area contributed by atoms with E-state index in [4.69, 9.17) is 16.3 Å². The summed E-state index contributed by atoms with van der Waals surface area (Å²) in [6.45, 7) is 2.68. The van der Waals surface area contributed by atoms with Gasteiger partial charge in [-0.15, -0.1) is 0 Å². The highest BCUT2D eigenvalue weighted by molar-refractivity contribution is 7.92. The first-order valence-electron chi connectivity index (χ1n) is 14.3. The maximum Gasteiger partial charge on any atom is 0.318 e. The minimum absolute atomic E-state index is 0.133. The fourth-order valence-electron chi connectivity index (χ4n) is 4.67. The number of guanidine groups is 1. The van der Waals surface area contributed by atoms with Gasteiger partial charge in [0.25, 0.3) is 0 Å². The van der Waals surface area contributed by atoms with E-state index in [0.717, 1.165) is 18.7 Å². The third-order valence-corrected chi connectivity index (χ3v) is 9.75. The fraction of sp³-hybridized carbons (Fsp3) is 0.483. The van der Waals surface area contributed by atoms with Crippen LogP contribution in [0.3, 0.4) is 0 Å². The second-order valence-electron chi connectivity index (χ2n) is 10.6. The number of urea groups is 1. The van der Waals surface area contributed by atoms with Gasteiger partial charge < -0.3 is 36.7 Å². The van der Waals surface area contributed by atoms with Crippen LogP contribution in [0.5, 0.6) is 0 Å². The Labute approximate surface area is 259 Å². The van der Waals surface area contributed by atoms with Gasteiger partial charge in [0.2, 0.25) is 11.9 Å². The van der Waals surface area contributed by atoms with Crippen LogP contribution in [0, 0.1) is 0 Å². The highest BCUT2D eigenvalue weighted by Gasteiger charge is 2.31. The number of piperazine rings is 1. The fourth-order valence-corrected chi connectivity index (χ4v) is 6.93. The van der Waals surface area contributed by atoms with E-state index in [1.165, 1.54) is 0 Å². The lowest BCUT2D eigenvalue weighted by Gasteiger charge is -2.34. The first-order chi connectivity index (χ1) is 20.5. The van der Waals surface area contributed by atoms with Crippen LogP contribution in [0.25, 0.3) is 0 Å². The van der Waals surface area contributed by atoms with Crippen LogP contribution in [-0.2, 0) is 25.9 Å². The van der Waals surface area contributed by atoms with Crippen molar-refractivity contribution in [3.63, 3.8) is 0 Å². The quantitative estimate of drug-likeness (QED) is 0.0640. The van der Waals surface area contributed by atoms with Crippen LogP contribution in [-0.4, -0.2) is 99.0 Å². The molecule has 3 atom stereocenters. The summed E-state index contributed by atoms with van der Waals surface area (Å²) in [5.74, 6) is -0.924. The number of benzene rings is 2. The van der Waals surface area contributed by atoms with Crippen molar-refractivity contribution in [1.29, 1.82) is 0 Å². The summed E-state index contributed by atoms with van der Waals surface area (Å²) >= 11 is 4.68. The highest BCUT2D eigenvalue weighted by Crippen LogP contribution is 2.19. The Hall–Kier alpha value is -3.49. The molecule has 1 aliphatic rings. The lowest BCUT2D eigenvalue weighted by atomic mass is 10.0. The summed E-state index contributed by atoms with van der Waals surface area (Å²) in [7, 11) is -1.68. The second-order valence-corrected chi connectivity index (χ2v) is 13.3. The lowest BCUT2D eigenvalue weighted by molar-refractivity contribution is -0.124. The monoisotopic (exact) mass is 633 g/mol. The van der Waals surface area contributed by atoms with E-state index >= 15 is 0 Å². The van der Waals surface area contributed by atoms with Crippen LogP contribution in [0.15, 0.2) is 70.7 Å². The number of likely N-dealkylation sites (N-methyl/N-ethyl adjacent to an activating group) is 1. The van der Waals surface area contributed by atoms with Gasteiger partial charge in [0, 0.05) is 37.5 Å². The first-order valence-corrected chi connectivity index (χ1v) is 16.5. The molecule has 14 heteroatoms. The van der Waals surface area contributed by atoms with E-state index in [0.29, 0.717) is 32.4 Å². The standard InChI is InChI=1S/C29H43N7O5S2/c1-35-16-18-36(19-17-35)29(38)33-25(13-8-20-41-34-28(30)31)27(37)32-24(15-14-22-9-4-2-5-10-22)26(42)21-43(39,40)23-11-6-3-7-12-23/h2-7,9-12,24-26,42H,8,13-21H2,1H3,(H,32,37)(H,33,38)(H4,30,31,34)/t24-,25-,26+/m0/s1. The zero-order valence-corrected chi connectivity index (χ0v) is 26.2. The molecule has 0 aromatic heterocycles. The SMILES string of the molecule is CN1CCN(C(=O)N[C@@H](CCCON=C(N)N)C(=O)N[C@@H](CCc2ccccc2)[C@H](S)CS(=O)(=O)c2ccccc2)CC1. The van der Waals surface area contributed by atoms with Gasteiger partial charge >= 0.3 is 6.03 Å². The zero-order valence-electron chi connectivity index (χ0n) is 24.5. The van der Waals surface area contributed by atoms with Gasteiger partial charge in [-0.2, -0.15) is 12.6 Å². The van der Waals surface area contributed by atoms with E-state index in [1.807, 2.05) is 37.4 Å². The molecule has 2 aromatic rings. The minimum atomic E-state index is -3.67. The van der Waals surface area contributed by atoms with E-state index in [1.54, 1.807) is 35.2 Å². The third-order valence-electron chi connectivity index (χ3n) is 7.17. The summed E-state index contributed by atoms with van der Waals surface area (Å²) in [4.78, 5) is 35.9. The minimum Gasteiger partial charge on any atom is -0.393 e. The molecule has 0 radical (unpaired) electrons. The molecule has 0 aliphatic carbocycles. The molecule has 236 valence electrons. The van der Waals surface area contributed by atoms with Crippen LogP contribution >= 0.6 is 12.6 Å². The van der Waals surface area contributed by atoms with Crippen molar-refractivity contribution in [3.05, 3.63) is 66.2 Å². The number of oxime groups is 1. The average molecular weight is 634 g/mol. The molecule has 43 heavy (non-hydrogen) atoms. The van der Waals surface area contributed by atoms with Crippen molar-refractivity contribution < 1.29 is 22.8 Å². The first kappa shape index (κ1) is 34.0. The molecule has 2 aromatic carbocycles. The molecule has 1 fully saturated rings. The van der Waals surface area contributed by atoms with Crippen molar-refractivity contribution in [3.8, 4) is 0 Å². The number of rotatable bonds is 15. The van der Waals surface area contributed by atoms with Gasteiger partial charge in [0.15, 0.2) is 9.84 Å². The number of nitrogens with one attached hydrogen (secondary N) is 2. The number of nitrogens with zero attached hydrogens (tertiary/aromatic N) is 3. The largest absolute Gasteiger partial charge is 0.393 e. The molecule has 0 spiro atoms. The molecule has 0 unspecified atom stereocenters. The molecule has 3 amide bonds. The van der Waals surface area contributed by atoms with Gasteiger partial charge in [-0.1, -0.05) is 48.5 Å². The topological polar surface area (TPSA) is 172 Å². The summed E-state index contributed by atoms with van der Waals surface area (Å²) < 4.78 is 26.3. The summed E-state index contributed by atoms with van der Waals surface area (Å²) in [6.07, 6.45) is 1.66. The highest BCUT2D eigenvalue weighted by atomic mass is 32.2. The van der Waals surface area contributed by atoms with Gasteiger partial charge in [0.1, 0.15) is 12.6 Å². The molecular weight excluding hydrogens is 590 g/mol.